The second kappa shape index (κ2) is 8.79. The lowest BCUT2D eigenvalue weighted by Gasteiger charge is -2.52. The van der Waals surface area contributed by atoms with Crippen molar-refractivity contribution in [1.29, 1.82) is 0 Å². The van der Waals surface area contributed by atoms with Crippen molar-refractivity contribution in [3.05, 3.63) is 115 Å². The summed E-state index contributed by atoms with van der Waals surface area (Å²) in [6.07, 6.45) is 6.59. The Morgan fingerprint density at radius 2 is 1.30 bits per heavy atom. The van der Waals surface area contributed by atoms with Gasteiger partial charge < -0.3 is 9.80 Å². The van der Waals surface area contributed by atoms with Crippen LogP contribution in [-0.4, -0.2) is 16.6 Å². The van der Waals surface area contributed by atoms with Gasteiger partial charge in [0.15, 0.2) is 0 Å². The molecule has 2 heteroatoms. The summed E-state index contributed by atoms with van der Waals surface area (Å²) in [5.41, 5.74) is 3.78. The molecule has 0 saturated carbocycles. The molecule has 1 aliphatic rings. The monoisotopic (exact) mass is 396 g/mol. The van der Waals surface area contributed by atoms with Gasteiger partial charge in [0.05, 0.1) is 0 Å². The second-order valence-corrected chi connectivity index (χ2v) is 8.42. The number of hydrogen-bond donors (Lipinski definition) is 0. The molecule has 0 amide bonds. The van der Waals surface area contributed by atoms with Crippen LogP contribution in [0.1, 0.15) is 44.2 Å². The van der Waals surface area contributed by atoms with E-state index in [4.69, 9.17) is 0 Å². The number of para-hydroxylation sites is 1. The van der Waals surface area contributed by atoms with E-state index in [1.165, 1.54) is 16.8 Å². The minimum absolute atomic E-state index is 0.215. The van der Waals surface area contributed by atoms with Crippen LogP contribution in [0.4, 0.5) is 5.69 Å². The molecule has 0 bridgehead atoms. The Hall–Kier alpha value is -3.00. The van der Waals surface area contributed by atoms with Crippen LogP contribution >= 0.6 is 0 Å². The Labute approximate surface area is 181 Å². The average molecular weight is 397 g/mol. The lowest BCUT2D eigenvalue weighted by molar-refractivity contribution is 0.0986. The van der Waals surface area contributed by atoms with E-state index >= 15 is 0 Å². The summed E-state index contributed by atoms with van der Waals surface area (Å²) in [5.74, 6) is 0.344. The van der Waals surface area contributed by atoms with E-state index in [1.807, 2.05) is 0 Å². The van der Waals surface area contributed by atoms with Crippen LogP contribution in [0.5, 0.6) is 0 Å². The molecule has 1 heterocycles. The van der Waals surface area contributed by atoms with Gasteiger partial charge in [-0.2, -0.15) is 0 Å². The summed E-state index contributed by atoms with van der Waals surface area (Å²) in [6, 6.07) is 33.2. The number of nitrogens with zero attached hydrogens (tertiary/aromatic N) is 2. The maximum Gasteiger partial charge on any atom is 0.128 e. The van der Waals surface area contributed by atoms with Gasteiger partial charge in [-0.25, -0.2) is 0 Å². The van der Waals surface area contributed by atoms with Crippen LogP contribution in [0, 0.1) is 0 Å². The van der Waals surface area contributed by atoms with E-state index in [-0.39, 0.29) is 5.66 Å². The summed E-state index contributed by atoms with van der Waals surface area (Å²) >= 11 is 0. The molecule has 1 aliphatic heterocycles. The quantitative estimate of drug-likeness (QED) is 0.432. The van der Waals surface area contributed by atoms with Crippen molar-refractivity contribution in [1.82, 2.24) is 4.90 Å². The van der Waals surface area contributed by atoms with Crippen molar-refractivity contribution in [2.45, 2.75) is 51.2 Å². The van der Waals surface area contributed by atoms with Gasteiger partial charge in [0.25, 0.3) is 0 Å². The third-order valence-electron chi connectivity index (χ3n) is 6.31. The summed E-state index contributed by atoms with van der Waals surface area (Å²) in [6.45, 7) is 6.93. The predicted molar refractivity (Wildman–Crippen MR) is 127 cm³/mol. The van der Waals surface area contributed by atoms with Gasteiger partial charge in [-0.3, -0.25) is 0 Å². The van der Waals surface area contributed by atoms with Crippen LogP contribution in [0.25, 0.3) is 0 Å². The molecule has 4 rings (SSSR count). The van der Waals surface area contributed by atoms with Gasteiger partial charge >= 0.3 is 0 Å². The molecule has 2 nitrogen and oxygen atoms in total. The van der Waals surface area contributed by atoms with Gasteiger partial charge in [-0.05, 0) is 43.5 Å². The molecule has 0 spiro atoms. The molecule has 0 saturated heterocycles. The molecule has 0 N–H and O–H groups in total. The number of anilines is 1. The second-order valence-electron chi connectivity index (χ2n) is 8.42. The zero-order valence-electron chi connectivity index (χ0n) is 18.3. The van der Waals surface area contributed by atoms with Gasteiger partial charge in [0, 0.05) is 36.5 Å². The van der Waals surface area contributed by atoms with Crippen LogP contribution in [-0.2, 0) is 6.42 Å². The highest BCUT2D eigenvalue weighted by molar-refractivity contribution is 5.56. The molecule has 0 radical (unpaired) electrons. The highest BCUT2D eigenvalue weighted by Gasteiger charge is 2.50. The van der Waals surface area contributed by atoms with E-state index in [9.17, 15) is 0 Å². The van der Waals surface area contributed by atoms with Crippen LogP contribution in [0.2, 0.25) is 0 Å². The molecule has 3 aromatic carbocycles. The molecule has 2 unspecified atom stereocenters. The fraction of sp³-hybridized carbons (Fsp3) is 0.286. The predicted octanol–water partition coefficient (Wildman–Crippen LogP) is 6.82. The molecule has 0 aliphatic carbocycles. The topological polar surface area (TPSA) is 6.48 Å². The van der Waals surface area contributed by atoms with Crippen molar-refractivity contribution in [2.24, 2.45) is 0 Å². The number of hydrogen-bond acceptors (Lipinski definition) is 2. The molecule has 0 aromatic heterocycles. The summed E-state index contributed by atoms with van der Waals surface area (Å²) in [4.78, 5) is 5.09. The fourth-order valence-electron chi connectivity index (χ4n) is 5.10. The molecular weight excluding hydrogens is 364 g/mol. The minimum atomic E-state index is -0.215. The zero-order chi connectivity index (χ0) is 21.0. The average Bonchev–Trinajstić information content (AvgIpc) is 3.16. The fourth-order valence-corrected chi connectivity index (χ4v) is 5.10. The summed E-state index contributed by atoms with van der Waals surface area (Å²) in [7, 11) is 0. The van der Waals surface area contributed by atoms with Crippen molar-refractivity contribution in [3.8, 4) is 0 Å². The first kappa shape index (κ1) is 20.3. The third kappa shape index (κ3) is 3.63. The Kier molecular flexibility index (Phi) is 5.94. The largest absolute Gasteiger partial charge is 0.350 e. The van der Waals surface area contributed by atoms with Crippen LogP contribution < -0.4 is 4.90 Å². The van der Waals surface area contributed by atoms with Crippen molar-refractivity contribution < 1.29 is 0 Å². The molecule has 0 fully saturated rings. The Balaban J connectivity index is 1.92. The maximum atomic E-state index is 2.58. The van der Waals surface area contributed by atoms with Crippen molar-refractivity contribution in [3.63, 3.8) is 0 Å². The number of rotatable bonds is 7. The standard InChI is InChI=1S/C28H32N2/c1-4-27(25-16-10-6-11-17-25)28(22-24-14-8-5-9-15-24)29(23(2)3)20-21-30(28)26-18-12-7-13-19-26/h5-21,23,27H,4,22H2,1-3H3. The molecule has 154 valence electrons. The van der Waals surface area contributed by atoms with Gasteiger partial charge in [-0.15, -0.1) is 0 Å². The molecule has 3 aromatic rings. The molecular formula is C28H32N2. The highest BCUT2D eigenvalue weighted by Crippen LogP contribution is 2.47. The van der Waals surface area contributed by atoms with E-state index < -0.39 is 0 Å². The Bertz CT molecular complexity index is 950. The van der Waals surface area contributed by atoms with E-state index in [0.29, 0.717) is 12.0 Å². The van der Waals surface area contributed by atoms with Crippen molar-refractivity contribution in [2.75, 3.05) is 4.90 Å². The molecule has 2 atom stereocenters. The zero-order valence-corrected chi connectivity index (χ0v) is 18.3. The highest BCUT2D eigenvalue weighted by atomic mass is 15.4. The first-order valence-corrected chi connectivity index (χ1v) is 11.1. The van der Waals surface area contributed by atoms with E-state index in [1.54, 1.807) is 0 Å². The van der Waals surface area contributed by atoms with E-state index in [0.717, 1.165) is 12.8 Å². The lowest BCUT2D eigenvalue weighted by Crippen LogP contribution is -2.61. The van der Waals surface area contributed by atoms with Crippen LogP contribution in [0.15, 0.2) is 103 Å². The summed E-state index contributed by atoms with van der Waals surface area (Å²) < 4.78 is 0. The van der Waals surface area contributed by atoms with E-state index in [2.05, 4.69) is 134 Å². The van der Waals surface area contributed by atoms with Gasteiger partial charge in [-0.1, -0.05) is 85.8 Å². The first-order chi connectivity index (χ1) is 14.7. The van der Waals surface area contributed by atoms with Crippen LogP contribution in [0.3, 0.4) is 0 Å². The SMILES string of the molecule is CCC(c1ccccc1)C1(Cc2ccccc2)N(c2ccccc2)C=CN1C(C)C. The maximum absolute atomic E-state index is 2.58. The van der Waals surface area contributed by atoms with Gasteiger partial charge in [0.1, 0.15) is 5.66 Å². The third-order valence-corrected chi connectivity index (χ3v) is 6.31. The lowest BCUT2D eigenvalue weighted by atomic mass is 9.77. The number of benzene rings is 3. The molecule has 30 heavy (non-hydrogen) atoms. The summed E-state index contributed by atoms with van der Waals surface area (Å²) in [5, 5.41) is 0. The smallest absolute Gasteiger partial charge is 0.128 e. The van der Waals surface area contributed by atoms with Gasteiger partial charge in [0.2, 0.25) is 0 Å². The Morgan fingerprint density at radius 1 is 0.733 bits per heavy atom. The Morgan fingerprint density at radius 3 is 1.87 bits per heavy atom. The minimum Gasteiger partial charge on any atom is -0.350 e. The van der Waals surface area contributed by atoms with Crippen molar-refractivity contribution >= 4 is 5.69 Å². The normalized spacial score (nSPS) is 19.5. The first-order valence-electron chi connectivity index (χ1n) is 11.1.